The first kappa shape index (κ1) is 15.2. The number of nitrogens with one attached hydrogen (secondary N) is 2. The average molecular weight is 293 g/mol. The summed E-state index contributed by atoms with van der Waals surface area (Å²) in [5.41, 5.74) is 0.653. The highest BCUT2D eigenvalue weighted by Gasteiger charge is 2.26. The summed E-state index contributed by atoms with van der Waals surface area (Å²) < 4.78 is 5.65. The van der Waals surface area contributed by atoms with Gasteiger partial charge in [0, 0.05) is 30.3 Å². The van der Waals surface area contributed by atoms with E-state index in [-0.39, 0.29) is 17.6 Å². The lowest BCUT2D eigenvalue weighted by molar-refractivity contribution is -0.384. The van der Waals surface area contributed by atoms with Gasteiger partial charge < -0.3 is 15.4 Å². The highest BCUT2D eigenvalue weighted by atomic mass is 16.6. The Morgan fingerprint density at radius 2 is 2.24 bits per heavy atom. The molecule has 0 aliphatic heterocycles. The van der Waals surface area contributed by atoms with Crippen molar-refractivity contribution in [2.75, 3.05) is 7.05 Å². The van der Waals surface area contributed by atoms with Crippen molar-refractivity contribution in [1.82, 2.24) is 10.6 Å². The normalized spacial score (nSPS) is 15.3. The fourth-order valence-corrected chi connectivity index (χ4v) is 1.91. The largest absolute Gasteiger partial charge is 0.481 e. The second-order valence-electron chi connectivity index (χ2n) is 5.12. The molecular formula is C14H19N3O4. The maximum absolute atomic E-state index is 11.9. The number of nitrogens with zero attached hydrogens (tertiary/aromatic N) is 1. The minimum Gasteiger partial charge on any atom is -0.481 e. The molecule has 7 nitrogen and oxygen atoms in total. The Bertz CT molecular complexity index is 543. The summed E-state index contributed by atoms with van der Waals surface area (Å²) in [4.78, 5) is 22.2. The van der Waals surface area contributed by atoms with Crippen LogP contribution in [0.5, 0.6) is 5.75 Å². The number of rotatable bonds is 7. The van der Waals surface area contributed by atoms with Gasteiger partial charge in [0.15, 0.2) is 6.10 Å². The second kappa shape index (κ2) is 6.53. The van der Waals surface area contributed by atoms with Gasteiger partial charge in [-0.1, -0.05) is 0 Å². The van der Waals surface area contributed by atoms with Crippen molar-refractivity contribution in [2.24, 2.45) is 0 Å². The molecule has 2 N–H and O–H groups in total. The maximum atomic E-state index is 11.9. The molecule has 7 heteroatoms. The SMILES string of the molecule is CNCc1cc([N+](=O)[O-])ccc1OC(C)C(=O)NC1CC1. The molecule has 1 aromatic carbocycles. The molecule has 0 radical (unpaired) electrons. The predicted molar refractivity (Wildman–Crippen MR) is 77.1 cm³/mol. The van der Waals surface area contributed by atoms with Gasteiger partial charge in [0.1, 0.15) is 5.75 Å². The van der Waals surface area contributed by atoms with Crippen molar-refractivity contribution in [3.63, 3.8) is 0 Å². The monoisotopic (exact) mass is 293 g/mol. The minimum atomic E-state index is -0.636. The van der Waals surface area contributed by atoms with Crippen LogP contribution in [0, 0.1) is 10.1 Å². The average Bonchev–Trinajstić information content (AvgIpc) is 3.24. The lowest BCUT2D eigenvalue weighted by atomic mass is 10.1. The van der Waals surface area contributed by atoms with Crippen molar-refractivity contribution in [1.29, 1.82) is 0 Å². The van der Waals surface area contributed by atoms with Crippen molar-refractivity contribution in [2.45, 2.75) is 38.5 Å². The Kier molecular flexibility index (Phi) is 4.74. The molecule has 2 rings (SSSR count). The number of carbonyl (C=O) groups is 1. The van der Waals surface area contributed by atoms with Crippen LogP contribution < -0.4 is 15.4 Å². The summed E-state index contributed by atoms with van der Waals surface area (Å²) in [5, 5.41) is 16.6. The number of hydrogen-bond donors (Lipinski definition) is 2. The molecular weight excluding hydrogens is 274 g/mol. The van der Waals surface area contributed by atoms with Crippen molar-refractivity contribution < 1.29 is 14.5 Å². The Hall–Kier alpha value is -2.15. The predicted octanol–water partition coefficient (Wildman–Crippen LogP) is 1.36. The van der Waals surface area contributed by atoms with Gasteiger partial charge in [0.05, 0.1) is 4.92 Å². The number of carbonyl (C=O) groups excluding carboxylic acids is 1. The minimum absolute atomic E-state index is 0.00249. The lowest BCUT2D eigenvalue weighted by Crippen LogP contribution is -2.37. The third-order valence-corrected chi connectivity index (χ3v) is 3.22. The van der Waals surface area contributed by atoms with Crippen LogP contribution in [0.3, 0.4) is 0 Å². The van der Waals surface area contributed by atoms with Gasteiger partial charge in [-0.2, -0.15) is 0 Å². The molecule has 0 saturated heterocycles. The molecule has 1 atom stereocenters. The molecule has 1 fully saturated rings. The van der Waals surface area contributed by atoms with E-state index < -0.39 is 11.0 Å². The molecule has 0 bridgehead atoms. The maximum Gasteiger partial charge on any atom is 0.270 e. The summed E-state index contributed by atoms with van der Waals surface area (Å²) in [6.07, 6.45) is 1.39. The van der Waals surface area contributed by atoms with E-state index in [4.69, 9.17) is 4.74 Å². The smallest absolute Gasteiger partial charge is 0.270 e. The number of amides is 1. The number of hydrogen-bond acceptors (Lipinski definition) is 5. The summed E-state index contributed by atoms with van der Waals surface area (Å²) >= 11 is 0. The molecule has 1 aliphatic carbocycles. The zero-order valence-electron chi connectivity index (χ0n) is 12.1. The van der Waals surface area contributed by atoms with Crippen molar-refractivity contribution in [3.05, 3.63) is 33.9 Å². The highest BCUT2D eigenvalue weighted by Crippen LogP contribution is 2.25. The van der Waals surface area contributed by atoms with Crippen LogP contribution in [-0.4, -0.2) is 30.0 Å². The molecule has 0 aromatic heterocycles. The van der Waals surface area contributed by atoms with Gasteiger partial charge >= 0.3 is 0 Å². The van der Waals surface area contributed by atoms with Gasteiger partial charge in [0.25, 0.3) is 11.6 Å². The van der Waals surface area contributed by atoms with Crippen LogP contribution in [0.25, 0.3) is 0 Å². The van der Waals surface area contributed by atoms with Crippen molar-refractivity contribution in [3.8, 4) is 5.75 Å². The summed E-state index contributed by atoms with van der Waals surface area (Å²) in [5.74, 6) is 0.319. The molecule has 1 aromatic rings. The second-order valence-corrected chi connectivity index (χ2v) is 5.12. The fraction of sp³-hybridized carbons (Fsp3) is 0.500. The lowest BCUT2D eigenvalue weighted by Gasteiger charge is -2.17. The third-order valence-electron chi connectivity index (χ3n) is 3.22. The van der Waals surface area contributed by atoms with E-state index in [9.17, 15) is 14.9 Å². The highest BCUT2D eigenvalue weighted by molar-refractivity contribution is 5.81. The Morgan fingerprint density at radius 3 is 2.81 bits per heavy atom. The first-order valence-electron chi connectivity index (χ1n) is 6.90. The van der Waals surface area contributed by atoms with E-state index in [0.29, 0.717) is 17.9 Å². The summed E-state index contributed by atoms with van der Waals surface area (Å²) in [7, 11) is 1.74. The molecule has 0 spiro atoms. The van der Waals surface area contributed by atoms with Crippen molar-refractivity contribution >= 4 is 11.6 Å². The van der Waals surface area contributed by atoms with Crippen LogP contribution in [0.15, 0.2) is 18.2 Å². The van der Waals surface area contributed by atoms with E-state index in [1.54, 1.807) is 14.0 Å². The van der Waals surface area contributed by atoms with E-state index in [1.807, 2.05) is 0 Å². The molecule has 1 saturated carbocycles. The number of nitro benzene ring substituents is 1. The van der Waals surface area contributed by atoms with E-state index in [0.717, 1.165) is 12.8 Å². The quantitative estimate of drug-likeness (QED) is 0.585. The van der Waals surface area contributed by atoms with E-state index in [2.05, 4.69) is 10.6 Å². The molecule has 1 unspecified atom stereocenters. The molecule has 114 valence electrons. The zero-order chi connectivity index (χ0) is 15.4. The van der Waals surface area contributed by atoms with Crippen LogP contribution >= 0.6 is 0 Å². The molecule has 1 aliphatic rings. The number of benzene rings is 1. The molecule has 1 amide bonds. The van der Waals surface area contributed by atoms with Gasteiger partial charge in [-0.25, -0.2) is 0 Å². The Balaban J connectivity index is 2.09. The van der Waals surface area contributed by atoms with Crippen LogP contribution in [0.1, 0.15) is 25.3 Å². The number of non-ortho nitro benzene ring substituents is 1. The van der Waals surface area contributed by atoms with Crippen LogP contribution in [0.2, 0.25) is 0 Å². The zero-order valence-corrected chi connectivity index (χ0v) is 12.1. The van der Waals surface area contributed by atoms with E-state index in [1.165, 1.54) is 18.2 Å². The summed E-state index contributed by atoms with van der Waals surface area (Å²) in [6, 6.07) is 4.64. The van der Waals surface area contributed by atoms with Gasteiger partial charge in [-0.05, 0) is 32.9 Å². The first-order valence-corrected chi connectivity index (χ1v) is 6.90. The standard InChI is InChI=1S/C14H19N3O4/c1-9(14(18)16-11-3-4-11)21-13-6-5-12(17(19)20)7-10(13)8-15-2/h5-7,9,11,15H,3-4,8H2,1-2H3,(H,16,18). The molecule has 21 heavy (non-hydrogen) atoms. The molecule has 0 heterocycles. The third kappa shape index (κ3) is 4.16. The fourth-order valence-electron chi connectivity index (χ4n) is 1.91. The summed E-state index contributed by atoms with van der Waals surface area (Å²) in [6.45, 7) is 2.09. The Morgan fingerprint density at radius 1 is 1.52 bits per heavy atom. The Labute approximate surface area is 122 Å². The van der Waals surface area contributed by atoms with Crippen LogP contribution in [0.4, 0.5) is 5.69 Å². The van der Waals surface area contributed by atoms with Gasteiger partial charge in [-0.15, -0.1) is 0 Å². The first-order chi connectivity index (χ1) is 10.0. The number of nitro groups is 1. The van der Waals surface area contributed by atoms with Gasteiger partial charge in [-0.3, -0.25) is 14.9 Å². The van der Waals surface area contributed by atoms with E-state index >= 15 is 0 Å². The van der Waals surface area contributed by atoms with Crippen LogP contribution in [-0.2, 0) is 11.3 Å². The van der Waals surface area contributed by atoms with Gasteiger partial charge in [0.2, 0.25) is 0 Å². The topological polar surface area (TPSA) is 93.5 Å². The number of ether oxygens (including phenoxy) is 1.